The summed E-state index contributed by atoms with van der Waals surface area (Å²) in [6.07, 6.45) is 1.51. The predicted octanol–water partition coefficient (Wildman–Crippen LogP) is 4.78. The van der Waals surface area contributed by atoms with Crippen LogP contribution in [0.2, 0.25) is 5.02 Å². The number of nitrogens with zero attached hydrogens (tertiary/aromatic N) is 3. The molecule has 9 heteroatoms. The molecule has 0 bridgehead atoms. The van der Waals surface area contributed by atoms with E-state index in [0.717, 1.165) is 4.47 Å². The molecule has 0 aliphatic heterocycles. The van der Waals surface area contributed by atoms with E-state index in [-0.39, 0.29) is 5.56 Å². The molecule has 0 N–H and O–H groups in total. The van der Waals surface area contributed by atoms with Gasteiger partial charge in [0.25, 0.3) is 5.56 Å². The Bertz CT molecular complexity index is 1130. The van der Waals surface area contributed by atoms with E-state index in [1.165, 1.54) is 25.1 Å². The van der Waals surface area contributed by atoms with Crippen molar-refractivity contribution in [3.05, 3.63) is 60.0 Å². The lowest BCUT2D eigenvalue weighted by molar-refractivity contribution is 0.355. The van der Waals surface area contributed by atoms with E-state index in [2.05, 4.69) is 41.9 Å². The molecule has 1 heterocycles. The number of aryl methyl sites for hydroxylation is 1. The van der Waals surface area contributed by atoms with E-state index >= 15 is 0 Å². The van der Waals surface area contributed by atoms with Gasteiger partial charge in [-0.2, -0.15) is 9.78 Å². The molecule has 140 valence electrons. The summed E-state index contributed by atoms with van der Waals surface area (Å²) in [6.45, 7) is 1.72. The van der Waals surface area contributed by atoms with Crippen LogP contribution in [0.25, 0.3) is 10.9 Å². The lowest BCUT2D eigenvalue weighted by atomic mass is 10.2. The zero-order chi connectivity index (χ0) is 19.7. The lowest BCUT2D eigenvalue weighted by Crippen LogP contribution is -2.20. The van der Waals surface area contributed by atoms with Crippen LogP contribution in [0.5, 0.6) is 11.5 Å². The highest BCUT2D eigenvalue weighted by Crippen LogP contribution is 2.41. The fourth-order valence-electron chi connectivity index (χ4n) is 2.56. The third kappa shape index (κ3) is 3.74. The summed E-state index contributed by atoms with van der Waals surface area (Å²) in [5.41, 5.74) is 0.971. The minimum atomic E-state index is -0.266. The van der Waals surface area contributed by atoms with Gasteiger partial charge in [-0.1, -0.05) is 27.5 Å². The maximum atomic E-state index is 12.8. The molecule has 0 saturated carbocycles. The Morgan fingerprint density at radius 1 is 1.22 bits per heavy atom. The number of halogens is 3. The molecule has 3 aromatic rings. The number of methoxy groups -OCH3 is 2. The Kier molecular flexibility index (Phi) is 5.88. The largest absolute Gasteiger partial charge is 0.493 e. The van der Waals surface area contributed by atoms with Crippen molar-refractivity contribution >= 4 is 60.6 Å². The van der Waals surface area contributed by atoms with Crippen molar-refractivity contribution in [2.75, 3.05) is 14.2 Å². The Hall–Kier alpha value is -1.90. The molecule has 0 saturated heterocycles. The molecule has 3 rings (SSSR count). The highest BCUT2D eigenvalue weighted by molar-refractivity contribution is 9.10. The Morgan fingerprint density at radius 3 is 2.63 bits per heavy atom. The Balaban J connectivity index is 2.14. The molecule has 0 radical (unpaired) electrons. The van der Waals surface area contributed by atoms with E-state index in [0.29, 0.717) is 43.3 Å². The zero-order valence-corrected chi connectivity index (χ0v) is 18.5. The van der Waals surface area contributed by atoms with E-state index in [9.17, 15) is 4.79 Å². The first-order chi connectivity index (χ1) is 12.9. The standard InChI is InChI=1S/C18H14Br2ClN3O3/c1-9-23-13-5-4-11(19)7-12(13)18(25)24(9)22-8-10-6-14(26-2)17(27-3)16(21)15(10)20/h4-8H,1-3H3. The lowest BCUT2D eigenvalue weighted by Gasteiger charge is -2.12. The van der Waals surface area contributed by atoms with Crippen molar-refractivity contribution in [1.82, 2.24) is 9.66 Å². The van der Waals surface area contributed by atoms with Gasteiger partial charge in [-0.05, 0) is 47.1 Å². The van der Waals surface area contributed by atoms with Gasteiger partial charge in [-0.25, -0.2) is 4.98 Å². The normalized spacial score (nSPS) is 11.3. The van der Waals surface area contributed by atoms with Crippen LogP contribution in [0.1, 0.15) is 11.4 Å². The maximum Gasteiger partial charge on any atom is 0.282 e. The second-order valence-corrected chi connectivity index (χ2v) is 7.60. The van der Waals surface area contributed by atoms with Crippen molar-refractivity contribution in [1.29, 1.82) is 0 Å². The average Bonchev–Trinajstić information content (AvgIpc) is 2.65. The van der Waals surface area contributed by atoms with Crippen molar-refractivity contribution in [3.63, 3.8) is 0 Å². The Labute approximate surface area is 177 Å². The molecule has 0 aliphatic carbocycles. The molecule has 6 nitrogen and oxygen atoms in total. The van der Waals surface area contributed by atoms with Crippen LogP contribution in [0.4, 0.5) is 0 Å². The molecule has 0 unspecified atom stereocenters. The molecule has 1 aromatic heterocycles. The molecule has 0 spiro atoms. The fraction of sp³-hybridized carbons (Fsp3) is 0.167. The molecule has 0 aliphatic rings. The topological polar surface area (TPSA) is 65.7 Å². The summed E-state index contributed by atoms with van der Waals surface area (Å²) < 4.78 is 13.2. The van der Waals surface area contributed by atoms with Gasteiger partial charge in [0.15, 0.2) is 11.5 Å². The van der Waals surface area contributed by atoms with Gasteiger partial charge in [-0.15, -0.1) is 0 Å². The first-order valence-electron chi connectivity index (χ1n) is 7.70. The quantitative estimate of drug-likeness (QED) is 0.469. The SMILES string of the molecule is COc1cc(C=Nn2c(C)nc3ccc(Br)cc3c2=O)c(Br)c(Cl)c1OC. The summed E-state index contributed by atoms with van der Waals surface area (Å²) in [4.78, 5) is 17.2. The van der Waals surface area contributed by atoms with Crippen LogP contribution >= 0.6 is 43.5 Å². The van der Waals surface area contributed by atoms with Crippen LogP contribution in [0, 0.1) is 6.92 Å². The van der Waals surface area contributed by atoms with Crippen LogP contribution in [0.15, 0.2) is 43.1 Å². The first-order valence-corrected chi connectivity index (χ1v) is 9.67. The van der Waals surface area contributed by atoms with Crippen LogP contribution in [-0.4, -0.2) is 30.1 Å². The van der Waals surface area contributed by atoms with Gasteiger partial charge >= 0.3 is 0 Å². The third-order valence-corrected chi connectivity index (χ3v) is 5.80. The van der Waals surface area contributed by atoms with Crippen molar-refractivity contribution < 1.29 is 9.47 Å². The number of aromatic nitrogens is 2. The van der Waals surface area contributed by atoms with Crippen molar-refractivity contribution in [2.45, 2.75) is 6.92 Å². The van der Waals surface area contributed by atoms with Gasteiger partial charge in [0.2, 0.25) is 0 Å². The number of rotatable bonds is 4. The van der Waals surface area contributed by atoms with E-state index in [1.807, 2.05) is 6.07 Å². The maximum absolute atomic E-state index is 12.8. The first kappa shape index (κ1) is 19.9. The van der Waals surface area contributed by atoms with Crippen LogP contribution < -0.4 is 15.0 Å². The van der Waals surface area contributed by atoms with Gasteiger partial charge in [0, 0.05) is 14.5 Å². The van der Waals surface area contributed by atoms with Crippen molar-refractivity contribution in [2.24, 2.45) is 5.10 Å². The fourth-order valence-corrected chi connectivity index (χ4v) is 3.59. The predicted molar refractivity (Wildman–Crippen MR) is 114 cm³/mol. The molecule has 0 amide bonds. The summed E-state index contributed by atoms with van der Waals surface area (Å²) in [5.74, 6) is 1.33. The summed E-state index contributed by atoms with van der Waals surface area (Å²) >= 11 is 13.1. The molecule has 27 heavy (non-hydrogen) atoms. The summed E-state index contributed by atoms with van der Waals surface area (Å²) in [5, 5.41) is 5.12. The van der Waals surface area contributed by atoms with Crippen LogP contribution in [0.3, 0.4) is 0 Å². The van der Waals surface area contributed by atoms with Gasteiger partial charge in [0.1, 0.15) is 10.8 Å². The molecular weight excluding hydrogens is 501 g/mol. The third-order valence-electron chi connectivity index (χ3n) is 3.86. The summed E-state index contributed by atoms with van der Waals surface area (Å²) in [7, 11) is 3.02. The molecule has 0 fully saturated rings. The van der Waals surface area contributed by atoms with E-state index in [4.69, 9.17) is 21.1 Å². The molecule has 0 atom stereocenters. The van der Waals surface area contributed by atoms with Gasteiger partial charge in [0.05, 0.1) is 31.3 Å². The van der Waals surface area contributed by atoms with Gasteiger partial charge < -0.3 is 9.47 Å². The second kappa shape index (κ2) is 8.00. The summed E-state index contributed by atoms with van der Waals surface area (Å²) in [6, 6.07) is 7.06. The second-order valence-electron chi connectivity index (χ2n) is 5.51. The highest BCUT2D eigenvalue weighted by Gasteiger charge is 2.16. The smallest absolute Gasteiger partial charge is 0.282 e. The monoisotopic (exact) mass is 513 g/mol. The van der Waals surface area contributed by atoms with Crippen molar-refractivity contribution in [3.8, 4) is 11.5 Å². The number of benzene rings is 2. The number of hydrogen-bond donors (Lipinski definition) is 0. The van der Waals surface area contributed by atoms with Crippen LogP contribution in [-0.2, 0) is 0 Å². The Morgan fingerprint density at radius 2 is 1.96 bits per heavy atom. The number of ether oxygens (including phenoxy) is 2. The minimum Gasteiger partial charge on any atom is -0.493 e. The average molecular weight is 516 g/mol. The highest BCUT2D eigenvalue weighted by atomic mass is 79.9. The number of hydrogen-bond acceptors (Lipinski definition) is 5. The molecular formula is C18H14Br2ClN3O3. The van der Waals surface area contributed by atoms with E-state index in [1.54, 1.807) is 25.1 Å². The van der Waals surface area contributed by atoms with Gasteiger partial charge in [-0.3, -0.25) is 4.79 Å². The molecule has 2 aromatic carbocycles. The van der Waals surface area contributed by atoms with E-state index < -0.39 is 0 Å². The number of fused-ring (bicyclic) bond motifs is 1. The zero-order valence-electron chi connectivity index (χ0n) is 14.6. The minimum absolute atomic E-state index is 0.266.